The summed E-state index contributed by atoms with van der Waals surface area (Å²) in [6, 6.07) is 7.57. The summed E-state index contributed by atoms with van der Waals surface area (Å²) in [4.78, 5) is 27.0. The molecule has 7 heteroatoms. The Kier molecular flexibility index (Phi) is 4.58. The molecule has 3 fully saturated rings. The predicted molar refractivity (Wildman–Crippen MR) is 97.6 cm³/mol. The lowest BCUT2D eigenvalue weighted by molar-refractivity contribution is -0.126. The molecule has 4 unspecified atom stereocenters. The minimum Gasteiger partial charge on any atom is -0.497 e. The molecule has 1 aromatic rings. The molecule has 2 aliphatic heterocycles. The summed E-state index contributed by atoms with van der Waals surface area (Å²) in [5.41, 5.74) is 7.28. The van der Waals surface area contributed by atoms with Crippen molar-refractivity contribution in [3.05, 3.63) is 24.3 Å². The van der Waals surface area contributed by atoms with E-state index in [0.29, 0.717) is 24.6 Å². The average molecular weight is 358 g/mol. The number of anilines is 1. The van der Waals surface area contributed by atoms with Crippen molar-refractivity contribution in [2.45, 2.75) is 44.3 Å². The van der Waals surface area contributed by atoms with Gasteiger partial charge in [0.05, 0.1) is 19.1 Å². The van der Waals surface area contributed by atoms with Crippen molar-refractivity contribution in [2.75, 3.05) is 18.6 Å². The number of amides is 2. The van der Waals surface area contributed by atoms with Gasteiger partial charge in [-0.2, -0.15) is 0 Å². The topological polar surface area (TPSA) is 82.7 Å². The number of hydrogen-bond acceptors (Lipinski definition) is 5. The van der Waals surface area contributed by atoms with Gasteiger partial charge in [0.25, 0.3) is 0 Å². The molecule has 0 radical (unpaired) electrons. The summed E-state index contributed by atoms with van der Waals surface area (Å²) in [7, 11) is 1.61. The van der Waals surface area contributed by atoms with Gasteiger partial charge in [-0.05, 0) is 37.8 Å². The lowest BCUT2D eigenvalue weighted by Crippen LogP contribution is -2.46. The van der Waals surface area contributed by atoms with Crippen molar-refractivity contribution in [3.63, 3.8) is 0 Å². The molecular weight excluding hydrogens is 332 g/mol. The van der Waals surface area contributed by atoms with Gasteiger partial charge in [-0.15, -0.1) is 0 Å². The standard InChI is InChI=1S/C19H26N4O3/c1-11-17(18(22-21-11)12-6-7-12)19(25)20-13-8-16(24)23(10-13)14-4-3-5-15(9-14)26-2/h3-5,9,11-13,17-18,21-22H,6-8,10H2,1-2H3,(H,20,25). The van der Waals surface area contributed by atoms with Crippen LogP contribution in [0.15, 0.2) is 24.3 Å². The Morgan fingerprint density at radius 3 is 2.85 bits per heavy atom. The SMILES string of the molecule is COc1cccc(N2CC(NC(=O)C3C(C)NNC3C3CC3)CC2=O)c1. The first kappa shape index (κ1) is 17.3. The number of carbonyl (C=O) groups excluding carboxylic acids is 2. The van der Waals surface area contributed by atoms with Crippen molar-refractivity contribution >= 4 is 17.5 Å². The van der Waals surface area contributed by atoms with E-state index in [-0.39, 0.29) is 35.9 Å². The number of nitrogens with one attached hydrogen (secondary N) is 3. The van der Waals surface area contributed by atoms with E-state index in [1.54, 1.807) is 12.0 Å². The molecule has 140 valence electrons. The molecule has 4 rings (SSSR count). The summed E-state index contributed by atoms with van der Waals surface area (Å²) in [5.74, 6) is 1.27. The van der Waals surface area contributed by atoms with Crippen molar-refractivity contribution in [1.29, 1.82) is 0 Å². The maximum Gasteiger partial charge on any atom is 0.229 e. The predicted octanol–water partition coefficient (Wildman–Crippen LogP) is 0.808. The smallest absolute Gasteiger partial charge is 0.229 e. The number of carbonyl (C=O) groups is 2. The third-order valence-electron chi connectivity index (χ3n) is 5.67. The molecule has 1 aromatic carbocycles. The average Bonchev–Trinajstić information content (AvgIpc) is 3.31. The fourth-order valence-electron chi connectivity index (χ4n) is 4.10. The first-order chi connectivity index (χ1) is 12.6. The van der Waals surface area contributed by atoms with Crippen LogP contribution in [-0.4, -0.2) is 43.6 Å². The molecule has 1 saturated carbocycles. The van der Waals surface area contributed by atoms with Crippen molar-refractivity contribution in [1.82, 2.24) is 16.2 Å². The monoisotopic (exact) mass is 358 g/mol. The van der Waals surface area contributed by atoms with Gasteiger partial charge in [-0.25, -0.2) is 0 Å². The normalized spacial score (nSPS) is 31.3. The Bertz CT molecular complexity index is 706. The van der Waals surface area contributed by atoms with Crippen LogP contribution in [0.2, 0.25) is 0 Å². The number of nitrogens with zero attached hydrogens (tertiary/aromatic N) is 1. The molecular formula is C19H26N4O3. The van der Waals surface area contributed by atoms with Crippen LogP contribution in [0.5, 0.6) is 5.75 Å². The van der Waals surface area contributed by atoms with E-state index in [0.717, 1.165) is 5.69 Å². The number of benzene rings is 1. The fraction of sp³-hybridized carbons (Fsp3) is 0.579. The summed E-state index contributed by atoms with van der Waals surface area (Å²) in [6.45, 7) is 2.52. The van der Waals surface area contributed by atoms with Gasteiger partial charge in [-0.3, -0.25) is 20.4 Å². The Morgan fingerprint density at radius 1 is 1.31 bits per heavy atom. The Labute approximate surface area is 153 Å². The maximum atomic E-state index is 12.9. The maximum absolute atomic E-state index is 12.9. The summed E-state index contributed by atoms with van der Waals surface area (Å²) in [5, 5.41) is 3.11. The molecule has 4 atom stereocenters. The van der Waals surface area contributed by atoms with Gasteiger partial charge in [0, 0.05) is 36.8 Å². The van der Waals surface area contributed by atoms with Gasteiger partial charge in [-0.1, -0.05) is 6.07 Å². The number of ether oxygens (including phenoxy) is 1. The molecule has 7 nitrogen and oxygen atoms in total. The third kappa shape index (κ3) is 3.29. The number of hydrazine groups is 1. The largest absolute Gasteiger partial charge is 0.497 e. The fourth-order valence-corrected chi connectivity index (χ4v) is 4.10. The molecule has 2 amide bonds. The zero-order valence-electron chi connectivity index (χ0n) is 15.2. The van der Waals surface area contributed by atoms with E-state index >= 15 is 0 Å². The van der Waals surface area contributed by atoms with Crippen molar-refractivity contribution in [2.24, 2.45) is 11.8 Å². The van der Waals surface area contributed by atoms with E-state index in [1.807, 2.05) is 31.2 Å². The van der Waals surface area contributed by atoms with Crippen LogP contribution in [0, 0.1) is 11.8 Å². The minimum absolute atomic E-state index is 0.0259. The van der Waals surface area contributed by atoms with E-state index in [2.05, 4.69) is 16.2 Å². The molecule has 26 heavy (non-hydrogen) atoms. The molecule has 3 aliphatic rings. The summed E-state index contributed by atoms with van der Waals surface area (Å²) < 4.78 is 5.24. The molecule has 0 aromatic heterocycles. The van der Waals surface area contributed by atoms with Crippen LogP contribution in [0.25, 0.3) is 0 Å². The summed E-state index contributed by atoms with van der Waals surface area (Å²) >= 11 is 0. The molecule has 1 aliphatic carbocycles. The zero-order chi connectivity index (χ0) is 18.3. The Balaban J connectivity index is 1.41. The zero-order valence-corrected chi connectivity index (χ0v) is 15.2. The highest BCUT2D eigenvalue weighted by Crippen LogP contribution is 2.38. The second-order valence-electron chi connectivity index (χ2n) is 7.58. The second kappa shape index (κ2) is 6.89. The van der Waals surface area contributed by atoms with Gasteiger partial charge in [0.1, 0.15) is 5.75 Å². The molecule has 0 bridgehead atoms. The highest BCUT2D eigenvalue weighted by Gasteiger charge is 2.47. The van der Waals surface area contributed by atoms with Crippen LogP contribution in [0.4, 0.5) is 5.69 Å². The third-order valence-corrected chi connectivity index (χ3v) is 5.67. The number of rotatable bonds is 5. The van der Waals surface area contributed by atoms with Crippen LogP contribution >= 0.6 is 0 Å². The summed E-state index contributed by atoms with van der Waals surface area (Å²) in [6.07, 6.45) is 2.70. The molecule has 3 N–H and O–H groups in total. The van der Waals surface area contributed by atoms with Gasteiger partial charge < -0.3 is 15.0 Å². The first-order valence-corrected chi connectivity index (χ1v) is 9.32. The highest BCUT2D eigenvalue weighted by atomic mass is 16.5. The first-order valence-electron chi connectivity index (χ1n) is 9.32. The van der Waals surface area contributed by atoms with Crippen molar-refractivity contribution < 1.29 is 14.3 Å². The highest BCUT2D eigenvalue weighted by molar-refractivity contribution is 5.97. The lowest BCUT2D eigenvalue weighted by Gasteiger charge is -2.23. The van der Waals surface area contributed by atoms with Crippen LogP contribution in [-0.2, 0) is 9.59 Å². The van der Waals surface area contributed by atoms with Gasteiger partial charge in [0.2, 0.25) is 11.8 Å². The quantitative estimate of drug-likeness (QED) is 0.726. The minimum atomic E-state index is -0.158. The van der Waals surface area contributed by atoms with Crippen LogP contribution < -0.4 is 25.8 Å². The molecule has 2 heterocycles. The van der Waals surface area contributed by atoms with Crippen LogP contribution in [0.3, 0.4) is 0 Å². The van der Waals surface area contributed by atoms with E-state index in [1.165, 1.54) is 12.8 Å². The Morgan fingerprint density at radius 2 is 2.12 bits per heavy atom. The second-order valence-corrected chi connectivity index (χ2v) is 7.58. The van der Waals surface area contributed by atoms with E-state index in [4.69, 9.17) is 4.74 Å². The van der Waals surface area contributed by atoms with E-state index in [9.17, 15) is 9.59 Å². The van der Waals surface area contributed by atoms with Gasteiger partial charge in [0.15, 0.2) is 0 Å². The number of methoxy groups -OCH3 is 1. The number of hydrogen-bond donors (Lipinski definition) is 3. The van der Waals surface area contributed by atoms with E-state index < -0.39 is 0 Å². The molecule has 0 spiro atoms. The Hall–Kier alpha value is -2.12. The van der Waals surface area contributed by atoms with Crippen molar-refractivity contribution in [3.8, 4) is 5.75 Å². The molecule has 2 saturated heterocycles. The van der Waals surface area contributed by atoms with Crippen LogP contribution in [0.1, 0.15) is 26.2 Å². The van der Waals surface area contributed by atoms with Gasteiger partial charge >= 0.3 is 0 Å². The lowest BCUT2D eigenvalue weighted by atomic mass is 9.91.